The molecule has 0 saturated carbocycles. The molecule has 518 valence electrons. The molecule has 0 aliphatic heterocycles. The summed E-state index contributed by atoms with van der Waals surface area (Å²) >= 11 is 0. The van der Waals surface area contributed by atoms with Gasteiger partial charge in [-0.2, -0.15) is 0 Å². The molecule has 0 bridgehead atoms. The standard InChI is InChI=1S/4C19H26N.C17H22N/c2*1-14-7-9-17(15(2)11-14)18-10-8-16(13-20(18)6)12-19(3,4)5;1-14-9-7-8-10-17(14)18-11-15(2)16(13-20(18)6)12-19(3,4)5;1-6-19(4,7-2)16-12-13-18(20(5)14-16)17-11-9-8-10-15(17)3;1-13-8-6-7-9-15(13)16-11-10-14(12-18(16)5)17(2,3)4/h3*7-11,13H,12H2,1-6H3;8-14H,6-7H2,1-5H3;6-12H,1-5H3/q5*+1/i1D3,12D2;;12D2;;. The fraction of sp³-hybridized carbons (Fsp3) is 0.409. The van der Waals surface area contributed by atoms with Gasteiger partial charge in [0.05, 0.1) is 0 Å². The number of rotatable bonds is 11. The van der Waals surface area contributed by atoms with Crippen LogP contribution in [0.2, 0.25) is 0 Å². The molecule has 5 aromatic carbocycles. The van der Waals surface area contributed by atoms with Crippen molar-refractivity contribution in [1.82, 2.24) is 0 Å². The van der Waals surface area contributed by atoms with Gasteiger partial charge in [-0.15, -0.1) is 0 Å². The molecule has 10 aromatic rings. The molecule has 0 saturated heterocycles. The van der Waals surface area contributed by atoms with E-state index in [9.17, 15) is 0 Å². The van der Waals surface area contributed by atoms with Gasteiger partial charge in [-0.25, -0.2) is 22.8 Å². The number of pyridine rings is 5. The van der Waals surface area contributed by atoms with Crippen LogP contribution in [-0.2, 0) is 65.2 Å². The summed E-state index contributed by atoms with van der Waals surface area (Å²) in [5, 5.41) is 0. The topological polar surface area (TPSA) is 19.4 Å². The van der Waals surface area contributed by atoms with Gasteiger partial charge in [0, 0.05) is 95.6 Å². The summed E-state index contributed by atoms with van der Waals surface area (Å²) in [5.74, 6) is 0. The summed E-state index contributed by atoms with van der Waals surface area (Å²) in [7, 11) is 10.3. The van der Waals surface area contributed by atoms with Gasteiger partial charge >= 0.3 is 0 Å². The summed E-state index contributed by atoms with van der Waals surface area (Å²) in [4.78, 5) is 0. The Morgan fingerprint density at radius 1 is 0.327 bits per heavy atom. The van der Waals surface area contributed by atoms with Crippen LogP contribution >= 0.6 is 0 Å². The van der Waals surface area contributed by atoms with E-state index in [1.54, 1.807) is 12.1 Å². The molecule has 5 nitrogen and oxygen atoms in total. The fourth-order valence-electron chi connectivity index (χ4n) is 12.5. The molecular formula is C93H126N5+5. The third kappa shape index (κ3) is 22.4. The van der Waals surface area contributed by atoms with Gasteiger partial charge in [0.2, 0.25) is 28.5 Å². The SMILES string of the molecule is CCC(C)(CC)c1ccc(-c2ccccc2C)[n+](C)c1.Cc1ccc(-c2ccc(CC(C)(C)C)c[n+]2C)c(C)c1.Cc1ccccc1-c1ccc(C(C)(C)C)c[n+]1C.[2H]C([2H])([2H])c1ccc(-c2ccc(C([2H])([2H])C(C)(C)C)c[n+]2C)c(C)c1.[2H]C([2H])(c1c[n+](C)c(-c2ccccc2C)cc1C)C(C)(C)C. The first kappa shape index (κ1) is 68.4. The van der Waals surface area contributed by atoms with Crippen molar-refractivity contribution in [2.75, 3.05) is 0 Å². The van der Waals surface area contributed by atoms with E-state index in [2.05, 4.69) is 272 Å². The number of hydrogen-bond acceptors (Lipinski definition) is 0. The maximum absolute atomic E-state index is 8.53. The first-order valence-electron chi connectivity index (χ1n) is 38.8. The van der Waals surface area contributed by atoms with Gasteiger partial charge in [-0.3, -0.25) is 0 Å². The third-order valence-corrected chi connectivity index (χ3v) is 18.4. The zero-order valence-electron chi connectivity index (χ0n) is 72.3. The van der Waals surface area contributed by atoms with E-state index in [0.717, 1.165) is 40.1 Å². The minimum Gasteiger partial charge on any atom is -0.201 e. The molecule has 0 atom stereocenters. The van der Waals surface area contributed by atoms with Gasteiger partial charge < -0.3 is 0 Å². The van der Waals surface area contributed by atoms with Crippen molar-refractivity contribution in [2.45, 2.75) is 202 Å². The largest absolute Gasteiger partial charge is 0.212 e. The summed E-state index contributed by atoms with van der Waals surface area (Å²) in [5.41, 5.74) is 26.1. The lowest BCUT2D eigenvalue weighted by molar-refractivity contribution is -0.661. The maximum Gasteiger partial charge on any atom is 0.212 e. The van der Waals surface area contributed by atoms with Crippen LogP contribution in [0, 0.1) is 71.6 Å². The predicted octanol–water partition coefficient (Wildman–Crippen LogP) is 21.5. The first-order valence-corrected chi connectivity index (χ1v) is 35.3. The van der Waals surface area contributed by atoms with Crippen LogP contribution < -0.4 is 22.8 Å². The van der Waals surface area contributed by atoms with Crippen LogP contribution in [0.4, 0.5) is 0 Å². The van der Waals surface area contributed by atoms with Crippen LogP contribution in [0.1, 0.15) is 199 Å². The summed E-state index contributed by atoms with van der Waals surface area (Å²) in [6.07, 6.45) is 11.2. The summed E-state index contributed by atoms with van der Waals surface area (Å²) < 4.78 is 67.2. The molecule has 5 heteroatoms. The number of aromatic nitrogens is 5. The van der Waals surface area contributed by atoms with Crippen LogP contribution in [0.3, 0.4) is 0 Å². The molecule has 0 N–H and O–H groups in total. The van der Waals surface area contributed by atoms with Crippen molar-refractivity contribution in [3.8, 4) is 56.3 Å². The smallest absolute Gasteiger partial charge is 0.201 e. The maximum atomic E-state index is 8.53. The molecule has 0 spiro atoms. The lowest BCUT2D eigenvalue weighted by Gasteiger charge is -2.26. The second kappa shape index (κ2) is 33.6. The molecule has 5 heterocycles. The molecule has 0 radical (unpaired) electrons. The van der Waals surface area contributed by atoms with Gasteiger partial charge in [0.1, 0.15) is 35.2 Å². The van der Waals surface area contributed by atoms with Crippen molar-refractivity contribution in [2.24, 2.45) is 51.5 Å². The van der Waals surface area contributed by atoms with Crippen molar-refractivity contribution < 1.29 is 32.4 Å². The average Bonchev–Trinajstić information content (AvgIpc) is 0.783. The second-order valence-electron chi connectivity index (χ2n) is 31.9. The second-order valence-corrected chi connectivity index (χ2v) is 31.9. The van der Waals surface area contributed by atoms with E-state index in [1.165, 1.54) is 96.7 Å². The van der Waals surface area contributed by atoms with Crippen LogP contribution in [0.5, 0.6) is 0 Å². The van der Waals surface area contributed by atoms with E-state index < -0.39 is 30.4 Å². The molecule has 98 heavy (non-hydrogen) atoms. The molecule has 0 fully saturated rings. The molecule has 5 aromatic heterocycles. The van der Waals surface area contributed by atoms with Crippen molar-refractivity contribution in [3.63, 3.8) is 0 Å². The third-order valence-electron chi connectivity index (χ3n) is 18.4. The number of hydrogen-bond donors (Lipinski definition) is 0. The van der Waals surface area contributed by atoms with Crippen molar-refractivity contribution in [3.05, 3.63) is 267 Å². The zero-order valence-corrected chi connectivity index (χ0v) is 65.3. The normalized spacial score (nSPS) is 13.2. The van der Waals surface area contributed by atoms with Crippen LogP contribution in [0.25, 0.3) is 56.3 Å². The van der Waals surface area contributed by atoms with Gasteiger partial charge in [0.25, 0.3) is 0 Å². The van der Waals surface area contributed by atoms with E-state index in [-0.39, 0.29) is 10.8 Å². The highest BCUT2D eigenvalue weighted by Gasteiger charge is 2.27. The molecule has 0 unspecified atom stereocenters. The Hall–Kier alpha value is -8.15. The quantitative estimate of drug-likeness (QED) is 0.115. The molecule has 0 aliphatic rings. The predicted molar refractivity (Wildman–Crippen MR) is 419 cm³/mol. The van der Waals surface area contributed by atoms with Crippen molar-refractivity contribution >= 4 is 0 Å². The highest BCUT2D eigenvalue weighted by atomic mass is 14.9. The highest BCUT2D eigenvalue weighted by molar-refractivity contribution is 5.65. The molecule has 10 rings (SSSR count). The first-order chi connectivity index (χ1) is 48.5. The minimum absolute atomic E-state index is 0.196. The molecule has 0 aliphatic carbocycles. The Labute approximate surface area is 606 Å². The highest BCUT2D eigenvalue weighted by Crippen LogP contribution is 2.33. The van der Waals surface area contributed by atoms with E-state index in [0.29, 0.717) is 16.5 Å². The minimum atomic E-state index is -2.11. The Kier molecular flexibility index (Phi) is 23.4. The van der Waals surface area contributed by atoms with E-state index >= 15 is 0 Å². The Morgan fingerprint density at radius 2 is 0.694 bits per heavy atom. The molecular weight excluding hydrogens is 1190 g/mol. The lowest BCUT2D eigenvalue weighted by atomic mass is 9.78. The lowest BCUT2D eigenvalue weighted by Crippen LogP contribution is -2.34. The van der Waals surface area contributed by atoms with Crippen molar-refractivity contribution in [1.29, 1.82) is 0 Å². The van der Waals surface area contributed by atoms with E-state index in [4.69, 9.17) is 9.60 Å². The van der Waals surface area contributed by atoms with Crippen LogP contribution in [0.15, 0.2) is 195 Å². The Balaban J connectivity index is 0.000000207. The fourth-order valence-corrected chi connectivity index (χ4v) is 12.5. The van der Waals surface area contributed by atoms with Gasteiger partial charge in [-0.1, -0.05) is 194 Å². The van der Waals surface area contributed by atoms with Crippen LogP contribution in [-0.4, -0.2) is 0 Å². The summed E-state index contributed by atoms with van der Waals surface area (Å²) in [6.45, 7) is 44.5. The van der Waals surface area contributed by atoms with Gasteiger partial charge in [-0.05, 0) is 202 Å². The molecule has 0 amide bonds. The Bertz CT molecular complexity index is 4620. The summed E-state index contributed by atoms with van der Waals surface area (Å²) in [6, 6.07) is 56.6. The number of nitrogens with zero attached hydrogens (tertiary/aromatic N) is 5. The number of benzene rings is 5. The van der Waals surface area contributed by atoms with E-state index in [1.807, 2.05) is 121 Å². The zero-order chi connectivity index (χ0) is 78.9. The number of aryl methyl sites for hydroxylation is 13. The Morgan fingerprint density at radius 3 is 1.09 bits per heavy atom. The average molecular weight is 1320 g/mol. The van der Waals surface area contributed by atoms with Gasteiger partial charge in [0.15, 0.2) is 31.0 Å². The monoisotopic (exact) mass is 1320 g/mol.